The largest absolute Gasteiger partial charge is 0.494 e. The minimum absolute atomic E-state index is 0.0792. The number of hydrogen-bond donors (Lipinski definition) is 3. The molecule has 0 atom stereocenters. The van der Waals surface area contributed by atoms with Gasteiger partial charge in [-0.1, -0.05) is 0 Å². The summed E-state index contributed by atoms with van der Waals surface area (Å²) in [6.07, 6.45) is 1.34. The highest BCUT2D eigenvalue weighted by Gasteiger charge is 2.21. The molecule has 98 valence electrons. The fraction of sp³-hybridized carbons (Fsp3) is 0.0833. The minimum Gasteiger partial charge on any atom is -0.494 e. The second-order valence-corrected chi connectivity index (χ2v) is 4.15. The van der Waals surface area contributed by atoms with Crippen molar-refractivity contribution in [2.24, 2.45) is 4.99 Å². The Kier molecular flexibility index (Phi) is 2.41. The summed E-state index contributed by atoms with van der Waals surface area (Å²) in [6, 6.07) is 3.21. The first-order valence-electron chi connectivity index (χ1n) is 5.44. The monoisotopic (exact) mass is 265 g/mol. The molecule has 2 aromatic rings. The number of nitrogens with zero attached hydrogens (tertiary/aromatic N) is 2. The van der Waals surface area contributed by atoms with E-state index >= 15 is 0 Å². The highest BCUT2D eigenvalue weighted by molar-refractivity contribution is 5.86. The number of H-pyrrole nitrogens is 1. The molecule has 3 rings (SSSR count). The van der Waals surface area contributed by atoms with Crippen molar-refractivity contribution in [1.29, 1.82) is 0 Å². The van der Waals surface area contributed by atoms with Gasteiger partial charge in [0.25, 0.3) is 0 Å². The lowest BCUT2D eigenvalue weighted by Crippen LogP contribution is -2.23. The molecule has 0 saturated carbocycles. The van der Waals surface area contributed by atoms with E-state index in [1.54, 1.807) is 0 Å². The van der Waals surface area contributed by atoms with E-state index in [2.05, 4.69) is 9.98 Å². The first-order valence-corrected chi connectivity index (χ1v) is 5.44. The number of nitrogens with one attached hydrogen (secondary N) is 1. The van der Waals surface area contributed by atoms with Gasteiger partial charge in [-0.05, 0) is 0 Å². The van der Waals surface area contributed by atoms with Crippen molar-refractivity contribution in [2.75, 3.05) is 4.90 Å². The molecule has 0 aliphatic carbocycles. The molecule has 5 nitrogen and oxygen atoms in total. The molecule has 0 spiro atoms. The number of aromatic hydroxyl groups is 2. The first kappa shape index (κ1) is 11.5. The number of fused-ring (bicyclic) bond motifs is 1. The lowest BCUT2D eigenvalue weighted by Gasteiger charge is -2.23. The van der Waals surface area contributed by atoms with Crippen molar-refractivity contribution in [3.63, 3.8) is 0 Å². The van der Waals surface area contributed by atoms with Gasteiger partial charge in [0.05, 0.1) is 18.6 Å². The van der Waals surface area contributed by atoms with E-state index in [1.165, 1.54) is 17.3 Å². The van der Waals surface area contributed by atoms with Gasteiger partial charge in [0.2, 0.25) is 5.88 Å². The van der Waals surface area contributed by atoms with Crippen LogP contribution in [0.1, 0.15) is 5.56 Å². The Morgan fingerprint density at radius 2 is 2.00 bits per heavy atom. The van der Waals surface area contributed by atoms with Crippen LogP contribution >= 0.6 is 0 Å². The SMILES string of the molecule is Oc1cc(N2C=Nc3cc(F)cc(F)c3C2)c(O)[nH]1. The summed E-state index contributed by atoms with van der Waals surface area (Å²) in [5, 5.41) is 18.8. The molecule has 0 radical (unpaired) electrons. The van der Waals surface area contributed by atoms with Crippen LogP contribution in [0.4, 0.5) is 20.2 Å². The van der Waals surface area contributed by atoms with Crippen LogP contribution in [0, 0.1) is 11.6 Å². The fourth-order valence-electron chi connectivity index (χ4n) is 1.99. The summed E-state index contributed by atoms with van der Waals surface area (Å²) in [4.78, 5) is 7.68. The number of halogens is 2. The lowest BCUT2D eigenvalue weighted by atomic mass is 10.1. The molecule has 1 aromatic carbocycles. The molecule has 7 heteroatoms. The Bertz CT molecular complexity index is 682. The predicted molar refractivity (Wildman–Crippen MR) is 64.8 cm³/mol. The Morgan fingerprint density at radius 3 is 2.68 bits per heavy atom. The average molecular weight is 265 g/mol. The number of aliphatic imine (C=N–C) groups is 1. The third kappa shape index (κ3) is 1.88. The highest BCUT2D eigenvalue weighted by Crippen LogP contribution is 2.35. The highest BCUT2D eigenvalue weighted by atomic mass is 19.1. The maximum Gasteiger partial charge on any atom is 0.215 e. The molecule has 0 bridgehead atoms. The van der Waals surface area contributed by atoms with Gasteiger partial charge in [-0.2, -0.15) is 0 Å². The van der Waals surface area contributed by atoms with Crippen molar-refractivity contribution in [1.82, 2.24) is 4.98 Å². The Labute approximate surface area is 106 Å². The molecule has 2 heterocycles. The van der Waals surface area contributed by atoms with Crippen LogP contribution in [0.5, 0.6) is 11.8 Å². The molecule has 0 unspecified atom stereocenters. The Balaban J connectivity index is 2.01. The number of aromatic nitrogens is 1. The summed E-state index contributed by atoms with van der Waals surface area (Å²) in [7, 11) is 0. The fourth-order valence-corrected chi connectivity index (χ4v) is 1.99. The topological polar surface area (TPSA) is 71.8 Å². The first-order chi connectivity index (χ1) is 9.04. The standard InChI is InChI=1S/C12H9F2N3O2/c13-6-1-8(14)7-4-17(5-15-9(7)2-6)10-3-11(18)16-12(10)19/h1-3,5,16,18-19H,4H2. The summed E-state index contributed by atoms with van der Waals surface area (Å²) in [5.41, 5.74) is 0.701. The normalized spacial score (nSPS) is 13.7. The Morgan fingerprint density at radius 1 is 1.21 bits per heavy atom. The average Bonchev–Trinajstić information content (AvgIpc) is 2.68. The number of hydrogen-bond acceptors (Lipinski definition) is 4. The number of anilines is 1. The maximum absolute atomic E-state index is 13.7. The molecule has 0 fully saturated rings. The van der Waals surface area contributed by atoms with Gasteiger partial charge in [-0.3, -0.25) is 4.98 Å². The van der Waals surface area contributed by atoms with E-state index in [1.807, 2.05) is 0 Å². The molecule has 3 N–H and O–H groups in total. The van der Waals surface area contributed by atoms with Crippen LogP contribution < -0.4 is 4.90 Å². The second-order valence-electron chi connectivity index (χ2n) is 4.15. The summed E-state index contributed by atoms with van der Waals surface area (Å²) < 4.78 is 26.7. The van der Waals surface area contributed by atoms with Gasteiger partial charge in [0.1, 0.15) is 17.3 Å². The van der Waals surface area contributed by atoms with Gasteiger partial charge in [-0.15, -0.1) is 0 Å². The number of benzene rings is 1. The van der Waals surface area contributed by atoms with Gasteiger partial charge in [-0.25, -0.2) is 13.8 Å². The van der Waals surface area contributed by atoms with Crippen LogP contribution in [0.3, 0.4) is 0 Å². The Hall–Kier alpha value is -2.57. The third-order valence-corrected chi connectivity index (χ3v) is 2.87. The van der Waals surface area contributed by atoms with Gasteiger partial charge >= 0.3 is 0 Å². The van der Waals surface area contributed by atoms with E-state index in [0.717, 1.165) is 12.1 Å². The quantitative estimate of drug-likeness (QED) is 0.741. The molecule has 0 amide bonds. The van der Waals surface area contributed by atoms with Gasteiger partial charge in [0.15, 0.2) is 5.88 Å². The van der Waals surface area contributed by atoms with Crippen molar-refractivity contribution >= 4 is 17.7 Å². The second kappa shape index (κ2) is 3.98. The van der Waals surface area contributed by atoms with Crippen LogP contribution in [-0.2, 0) is 6.54 Å². The number of rotatable bonds is 1. The smallest absolute Gasteiger partial charge is 0.215 e. The van der Waals surface area contributed by atoms with Crippen molar-refractivity contribution in [3.8, 4) is 11.8 Å². The number of aromatic amines is 1. The van der Waals surface area contributed by atoms with Crippen LogP contribution in [-0.4, -0.2) is 21.5 Å². The van der Waals surface area contributed by atoms with Crippen molar-refractivity contribution < 1.29 is 19.0 Å². The summed E-state index contributed by atoms with van der Waals surface area (Å²) in [6.45, 7) is 0.0792. The van der Waals surface area contributed by atoms with E-state index in [9.17, 15) is 19.0 Å². The van der Waals surface area contributed by atoms with E-state index in [-0.39, 0.29) is 35.2 Å². The minimum atomic E-state index is -0.698. The molecule has 1 aliphatic rings. The van der Waals surface area contributed by atoms with E-state index < -0.39 is 11.6 Å². The lowest BCUT2D eigenvalue weighted by molar-refractivity contribution is 0.425. The predicted octanol–water partition coefficient (Wildman–Crippen LogP) is 2.38. The van der Waals surface area contributed by atoms with Crippen LogP contribution in [0.15, 0.2) is 23.2 Å². The van der Waals surface area contributed by atoms with Crippen molar-refractivity contribution in [3.05, 3.63) is 35.4 Å². The van der Waals surface area contributed by atoms with Gasteiger partial charge < -0.3 is 15.1 Å². The summed E-state index contributed by atoms with van der Waals surface area (Å²) >= 11 is 0. The summed E-state index contributed by atoms with van der Waals surface area (Å²) in [5.74, 6) is -1.86. The molecule has 1 aliphatic heterocycles. The molecular formula is C12H9F2N3O2. The zero-order chi connectivity index (χ0) is 13.6. The molecule has 1 aromatic heterocycles. The molecule has 19 heavy (non-hydrogen) atoms. The van der Waals surface area contributed by atoms with Crippen molar-refractivity contribution in [2.45, 2.75) is 6.54 Å². The van der Waals surface area contributed by atoms with E-state index in [4.69, 9.17) is 0 Å². The van der Waals surface area contributed by atoms with E-state index in [0.29, 0.717) is 0 Å². The van der Waals surface area contributed by atoms with Crippen LogP contribution in [0.25, 0.3) is 0 Å². The third-order valence-electron chi connectivity index (χ3n) is 2.87. The zero-order valence-corrected chi connectivity index (χ0v) is 9.56. The molecule has 0 saturated heterocycles. The zero-order valence-electron chi connectivity index (χ0n) is 9.56. The van der Waals surface area contributed by atoms with Crippen LogP contribution in [0.2, 0.25) is 0 Å². The molecular weight excluding hydrogens is 256 g/mol. The van der Waals surface area contributed by atoms with Gasteiger partial charge in [0, 0.05) is 23.8 Å². The maximum atomic E-state index is 13.7.